The van der Waals surface area contributed by atoms with Gasteiger partial charge < -0.3 is 15.5 Å². The van der Waals surface area contributed by atoms with Crippen LogP contribution in [0.15, 0.2) is 22.9 Å². The van der Waals surface area contributed by atoms with E-state index >= 15 is 0 Å². The lowest BCUT2D eigenvalue weighted by Crippen LogP contribution is -2.16. The number of nitrogens with two attached hydrogens (primary N) is 1. The van der Waals surface area contributed by atoms with Gasteiger partial charge in [-0.3, -0.25) is 0 Å². The summed E-state index contributed by atoms with van der Waals surface area (Å²) in [4.78, 5) is 3.10. The third-order valence-electron chi connectivity index (χ3n) is 4.02. The molecule has 0 radical (unpaired) electrons. The summed E-state index contributed by atoms with van der Waals surface area (Å²) in [5.74, 6) is 1.08. The predicted molar refractivity (Wildman–Crippen MR) is 86.6 cm³/mol. The second kappa shape index (κ2) is 6.02. The summed E-state index contributed by atoms with van der Waals surface area (Å²) in [6, 6.07) is 2.07. The van der Waals surface area contributed by atoms with Crippen molar-refractivity contribution in [1.29, 1.82) is 0 Å². The fraction of sp³-hybridized carbons (Fsp3) is 0.375. The summed E-state index contributed by atoms with van der Waals surface area (Å²) in [6.45, 7) is 6.85. The van der Waals surface area contributed by atoms with Crippen molar-refractivity contribution < 1.29 is 4.74 Å². The number of ether oxygens (including phenoxy) is 1. The number of aromatic amines is 1. The van der Waals surface area contributed by atoms with Crippen molar-refractivity contribution in [2.45, 2.75) is 26.7 Å². The number of benzene rings is 1. The van der Waals surface area contributed by atoms with Crippen LogP contribution in [0.3, 0.4) is 0 Å². The van der Waals surface area contributed by atoms with Crippen LogP contribution in [0.2, 0.25) is 0 Å². The number of nitrogens with one attached hydrogen (secondary N) is 1. The standard InChI is InChI=1S/C16H21BrN2O/c1-9-10(2)16(20-4)14(11(3)15(9)17)13(7-18)12-5-6-19-8-12/h5-6,8,13,19H,7,18H2,1-4H3. The minimum absolute atomic E-state index is 0.131. The average Bonchev–Trinajstić information content (AvgIpc) is 2.97. The lowest BCUT2D eigenvalue weighted by atomic mass is 9.86. The normalized spacial score (nSPS) is 12.5. The highest BCUT2D eigenvalue weighted by atomic mass is 79.9. The number of rotatable bonds is 4. The second-order valence-corrected chi connectivity index (χ2v) is 5.86. The first-order valence-electron chi connectivity index (χ1n) is 6.68. The summed E-state index contributed by atoms with van der Waals surface area (Å²) >= 11 is 3.70. The third kappa shape index (κ3) is 2.38. The quantitative estimate of drug-likeness (QED) is 0.892. The van der Waals surface area contributed by atoms with E-state index in [0.717, 1.165) is 15.8 Å². The largest absolute Gasteiger partial charge is 0.496 e. The zero-order valence-electron chi connectivity index (χ0n) is 12.4. The number of aromatic nitrogens is 1. The molecule has 3 nitrogen and oxygen atoms in total. The first-order valence-corrected chi connectivity index (χ1v) is 7.48. The highest BCUT2D eigenvalue weighted by Gasteiger charge is 2.24. The van der Waals surface area contributed by atoms with E-state index < -0.39 is 0 Å². The maximum absolute atomic E-state index is 6.04. The lowest BCUT2D eigenvalue weighted by Gasteiger charge is -2.24. The summed E-state index contributed by atoms with van der Waals surface area (Å²) in [5.41, 5.74) is 12.0. The SMILES string of the molecule is COc1c(C)c(C)c(Br)c(C)c1C(CN)c1cc[nH]c1. The average molecular weight is 337 g/mol. The molecule has 1 heterocycles. The van der Waals surface area contributed by atoms with E-state index in [1.165, 1.54) is 22.3 Å². The molecule has 2 aromatic rings. The molecule has 0 aliphatic carbocycles. The Bertz CT molecular complexity index is 606. The molecule has 20 heavy (non-hydrogen) atoms. The molecule has 0 aliphatic heterocycles. The first-order chi connectivity index (χ1) is 9.52. The van der Waals surface area contributed by atoms with Crippen molar-refractivity contribution in [3.63, 3.8) is 0 Å². The van der Waals surface area contributed by atoms with Gasteiger partial charge in [-0.05, 0) is 49.1 Å². The van der Waals surface area contributed by atoms with Crippen LogP contribution in [-0.2, 0) is 0 Å². The Morgan fingerprint density at radius 1 is 1.25 bits per heavy atom. The minimum atomic E-state index is 0.131. The van der Waals surface area contributed by atoms with Crippen molar-refractivity contribution in [2.75, 3.05) is 13.7 Å². The van der Waals surface area contributed by atoms with E-state index in [2.05, 4.69) is 47.8 Å². The van der Waals surface area contributed by atoms with Crippen molar-refractivity contribution in [3.8, 4) is 5.75 Å². The third-order valence-corrected chi connectivity index (χ3v) is 5.21. The highest BCUT2D eigenvalue weighted by molar-refractivity contribution is 9.10. The van der Waals surface area contributed by atoms with E-state index in [4.69, 9.17) is 10.5 Å². The molecule has 4 heteroatoms. The van der Waals surface area contributed by atoms with Gasteiger partial charge in [0.2, 0.25) is 0 Å². The van der Waals surface area contributed by atoms with Crippen LogP contribution in [0.4, 0.5) is 0 Å². The Morgan fingerprint density at radius 3 is 2.45 bits per heavy atom. The molecule has 0 saturated carbocycles. The van der Waals surface area contributed by atoms with Crippen molar-refractivity contribution in [3.05, 3.63) is 50.8 Å². The summed E-state index contributed by atoms with van der Waals surface area (Å²) in [7, 11) is 1.73. The van der Waals surface area contributed by atoms with Gasteiger partial charge in [0.1, 0.15) is 5.75 Å². The molecular formula is C16H21BrN2O. The first kappa shape index (κ1) is 15.1. The number of hydrogen-bond donors (Lipinski definition) is 2. The Labute approximate surface area is 128 Å². The van der Waals surface area contributed by atoms with Gasteiger partial charge in [-0.15, -0.1) is 0 Å². The Balaban J connectivity index is 2.72. The molecule has 108 valence electrons. The predicted octanol–water partition coefficient (Wildman–Crippen LogP) is 3.80. The van der Waals surface area contributed by atoms with Crippen molar-refractivity contribution in [1.82, 2.24) is 4.98 Å². The minimum Gasteiger partial charge on any atom is -0.496 e. The van der Waals surface area contributed by atoms with Gasteiger partial charge in [-0.1, -0.05) is 15.9 Å². The van der Waals surface area contributed by atoms with Crippen molar-refractivity contribution in [2.24, 2.45) is 5.73 Å². The summed E-state index contributed by atoms with van der Waals surface area (Å²) < 4.78 is 6.83. The Morgan fingerprint density at radius 2 is 1.95 bits per heavy atom. The molecule has 2 rings (SSSR count). The van der Waals surface area contributed by atoms with Gasteiger partial charge in [-0.2, -0.15) is 0 Å². The van der Waals surface area contributed by atoms with Crippen LogP contribution in [-0.4, -0.2) is 18.6 Å². The summed E-state index contributed by atoms with van der Waals surface area (Å²) in [6.07, 6.45) is 3.93. The molecule has 0 amide bonds. The monoisotopic (exact) mass is 336 g/mol. The maximum atomic E-state index is 6.04. The second-order valence-electron chi connectivity index (χ2n) is 5.07. The number of H-pyrrole nitrogens is 1. The smallest absolute Gasteiger partial charge is 0.126 e. The zero-order chi connectivity index (χ0) is 14.9. The molecular weight excluding hydrogens is 316 g/mol. The molecule has 0 fully saturated rings. The number of methoxy groups -OCH3 is 1. The molecule has 1 aromatic carbocycles. The lowest BCUT2D eigenvalue weighted by molar-refractivity contribution is 0.403. The van der Waals surface area contributed by atoms with Crippen LogP contribution < -0.4 is 10.5 Å². The van der Waals surface area contributed by atoms with Gasteiger partial charge >= 0.3 is 0 Å². The zero-order valence-corrected chi connectivity index (χ0v) is 14.0. The van der Waals surface area contributed by atoms with E-state index in [1.807, 2.05) is 12.4 Å². The van der Waals surface area contributed by atoms with Crippen LogP contribution >= 0.6 is 15.9 Å². The molecule has 1 aromatic heterocycles. The van der Waals surface area contributed by atoms with Crippen LogP contribution in [0.1, 0.15) is 33.7 Å². The van der Waals surface area contributed by atoms with E-state index in [0.29, 0.717) is 6.54 Å². The Kier molecular flexibility index (Phi) is 4.55. The molecule has 0 saturated heterocycles. The fourth-order valence-corrected chi connectivity index (χ4v) is 3.27. The molecule has 1 unspecified atom stereocenters. The maximum Gasteiger partial charge on any atom is 0.126 e. The van der Waals surface area contributed by atoms with Gasteiger partial charge in [0.15, 0.2) is 0 Å². The Hall–Kier alpha value is -1.26. The molecule has 0 aliphatic rings. The van der Waals surface area contributed by atoms with Crippen LogP contribution in [0.25, 0.3) is 0 Å². The van der Waals surface area contributed by atoms with Crippen molar-refractivity contribution >= 4 is 15.9 Å². The van der Waals surface area contributed by atoms with Gasteiger partial charge in [0.05, 0.1) is 7.11 Å². The highest BCUT2D eigenvalue weighted by Crippen LogP contribution is 2.41. The van der Waals surface area contributed by atoms with Gasteiger partial charge in [0.25, 0.3) is 0 Å². The van der Waals surface area contributed by atoms with E-state index in [1.54, 1.807) is 7.11 Å². The van der Waals surface area contributed by atoms with Gasteiger partial charge in [-0.25, -0.2) is 0 Å². The fourth-order valence-electron chi connectivity index (χ4n) is 2.76. The molecule has 3 N–H and O–H groups in total. The molecule has 0 spiro atoms. The number of hydrogen-bond acceptors (Lipinski definition) is 2. The molecule has 1 atom stereocenters. The van der Waals surface area contributed by atoms with E-state index in [-0.39, 0.29) is 5.92 Å². The van der Waals surface area contributed by atoms with Crippen LogP contribution in [0, 0.1) is 20.8 Å². The molecule has 0 bridgehead atoms. The van der Waals surface area contributed by atoms with Gasteiger partial charge in [0, 0.05) is 34.9 Å². The van der Waals surface area contributed by atoms with E-state index in [9.17, 15) is 0 Å². The topological polar surface area (TPSA) is 51.0 Å². The number of halogens is 1. The van der Waals surface area contributed by atoms with Crippen LogP contribution in [0.5, 0.6) is 5.75 Å². The summed E-state index contributed by atoms with van der Waals surface area (Å²) in [5, 5.41) is 0.